The van der Waals surface area contributed by atoms with Crippen LogP contribution in [0, 0.1) is 11.6 Å². The minimum atomic E-state index is -0.933. The van der Waals surface area contributed by atoms with Crippen LogP contribution in [0.25, 0.3) is 0 Å². The molecule has 1 N–H and O–H groups in total. The Hall–Kier alpha value is -1.98. The Morgan fingerprint density at radius 1 is 1.30 bits per heavy atom. The standard InChI is InChI=1S/C14H16F2N2O2/c1-18-8-3-2-7-11(14(18)20)17-13(19)12-9(15)5-4-6-10(12)16/h4-6,11H,2-3,7-8H2,1H3,(H,17,19). The fourth-order valence-electron chi connectivity index (χ4n) is 2.28. The summed E-state index contributed by atoms with van der Waals surface area (Å²) in [6.07, 6.45) is 2.11. The van der Waals surface area contributed by atoms with Crippen molar-refractivity contribution in [1.82, 2.24) is 10.2 Å². The van der Waals surface area contributed by atoms with Gasteiger partial charge in [0.05, 0.1) is 0 Å². The first-order chi connectivity index (χ1) is 9.50. The molecule has 1 saturated heterocycles. The zero-order valence-corrected chi connectivity index (χ0v) is 11.2. The number of likely N-dealkylation sites (N-methyl/N-ethyl adjacent to an activating group) is 1. The maximum Gasteiger partial charge on any atom is 0.257 e. The summed E-state index contributed by atoms with van der Waals surface area (Å²) in [6.45, 7) is 0.624. The summed E-state index contributed by atoms with van der Waals surface area (Å²) in [7, 11) is 1.65. The molecular weight excluding hydrogens is 266 g/mol. The van der Waals surface area contributed by atoms with Crippen LogP contribution in [-0.4, -0.2) is 36.3 Å². The van der Waals surface area contributed by atoms with Crippen LogP contribution in [0.15, 0.2) is 18.2 Å². The molecule has 1 unspecified atom stereocenters. The second-order valence-electron chi connectivity index (χ2n) is 4.88. The second-order valence-corrected chi connectivity index (χ2v) is 4.88. The topological polar surface area (TPSA) is 49.4 Å². The summed E-state index contributed by atoms with van der Waals surface area (Å²) < 4.78 is 27.0. The minimum Gasteiger partial charge on any atom is -0.344 e. The predicted molar refractivity (Wildman–Crippen MR) is 69.1 cm³/mol. The highest BCUT2D eigenvalue weighted by atomic mass is 19.1. The summed E-state index contributed by atoms with van der Waals surface area (Å²) in [5.41, 5.74) is -0.646. The van der Waals surface area contributed by atoms with Gasteiger partial charge in [-0.15, -0.1) is 0 Å². The van der Waals surface area contributed by atoms with Gasteiger partial charge in [0.1, 0.15) is 23.2 Å². The summed E-state index contributed by atoms with van der Waals surface area (Å²) in [5.74, 6) is -2.99. The van der Waals surface area contributed by atoms with Crippen LogP contribution >= 0.6 is 0 Å². The number of benzene rings is 1. The van der Waals surface area contributed by atoms with E-state index in [0.29, 0.717) is 13.0 Å². The molecule has 1 atom stereocenters. The zero-order valence-electron chi connectivity index (χ0n) is 11.2. The van der Waals surface area contributed by atoms with Crippen molar-refractivity contribution < 1.29 is 18.4 Å². The number of hydrogen-bond acceptors (Lipinski definition) is 2. The Morgan fingerprint density at radius 2 is 1.95 bits per heavy atom. The predicted octanol–water partition coefficient (Wildman–Crippen LogP) is 1.71. The molecule has 0 bridgehead atoms. The summed E-state index contributed by atoms with van der Waals surface area (Å²) >= 11 is 0. The van der Waals surface area contributed by atoms with Crippen molar-refractivity contribution in [3.8, 4) is 0 Å². The third-order valence-corrected chi connectivity index (χ3v) is 3.41. The fourth-order valence-corrected chi connectivity index (χ4v) is 2.28. The minimum absolute atomic E-state index is 0.229. The molecule has 2 rings (SSSR count). The van der Waals surface area contributed by atoms with Crippen LogP contribution in [0.3, 0.4) is 0 Å². The van der Waals surface area contributed by atoms with E-state index in [1.54, 1.807) is 7.05 Å². The lowest BCUT2D eigenvalue weighted by atomic mass is 10.1. The fraction of sp³-hybridized carbons (Fsp3) is 0.429. The number of carbonyl (C=O) groups is 2. The monoisotopic (exact) mass is 282 g/mol. The summed E-state index contributed by atoms with van der Waals surface area (Å²) in [5, 5.41) is 2.43. The van der Waals surface area contributed by atoms with Crippen LogP contribution in [0.5, 0.6) is 0 Å². The van der Waals surface area contributed by atoms with Crippen molar-refractivity contribution >= 4 is 11.8 Å². The summed E-state index contributed by atoms with van der Waals surface area (Å²) in [6, 6.07) is 2.48. The Bertz CT molecular complexity index is 514. The van der Waals surface area contributed by atoms with Crippen LogP contribution in [0.4, 0.5) is 8.78 Å². The van der Waals surface area contributed by atoms with Crippen LogP contribution in [0.2, 0.25) is 0 Å². The van der Waals surface area contributed by atoms with Crippen LogP contribution in [0.1, 0.15) is 29.6 Å². The van der Waals surface area contributed by atoms with Crippen molar-refractivity contribution in [3.63, 3.8) is 0 Å². The number of carbonyl (C=O) groups excluding carboxylic acids is 2. The molecule has 1 aliphatic heterocycles. The molecule has 2 amide bonds. The Balaban J connectivity index is 2.16. The number of halogens is 2. The maximum absolute atomic E-state index is 13.5. The highest BCUT2D eigenvalue weighted by molar-refractivity contribution is 5.98. The maximum atomic E-state index is 13.5. The molecule has 0 aliphatic carbocycles. The molecule has 4 nitrogen and oxygen atoms in total. The van der Waals surface area contributed by atoms with Gasteiger partial charge in [-0.2, -0.15) is 0 Å². The van der Waals surface area contributed by atoms with E-state index in [4.69, 9.17) is 0 Å². The molecule has 1 aromatic rings. The van der Waals surface area contributed by atoms with Crippen molar-refractivity contribution in [2.24, 2.45) is 0 Å². The number of amides is 2. The first kappa shape index (κ1) is 14.4. The molecule has 1 aromatic carbocycles. The van der Waals surface area contributed by atoms with E-state index >= 15 is 0 Å². The smallest absolute Gasteiger partial charge is 0.257 e. The average molecular weight is 282 g/mol. The van der Waals surface area contributed by atoms with Crippen molar-refractivity contribution in [2.45, 2.75) is 25.3 Å². The van der Waals surface area contributed by atoms with Gasteiger partial charge >= 0.3 is 0 Å². The van der Waals surface area contributed by atoms with Gasteiger partial charge in [0, 0.05) is 13.6 Å². The Morgan fingerprint density at radius 3 is 2.60 bits per heavy atom. The molecule has 0 radical (unpaired) electrons. The highest BCUT2D eigenvalue weighted by Crippen LogP contribution is 2.15. The SMILES string of the molecule is CN1CCCCC(NC(=O)c2c(F)cccc2F)C1=O. The van der Waals surface area contributed by atoms with Gasteiger partial charge in [-0.05, 0) is 31.4 Å². The summed E-state index contributed by atoms with van der Waals surface area (Å²) in [4.78, 5) is 25.5. The van der Waals surface area contributed by atoms with E-state index in [-0.39, 0.29) is 5.91 Å². The molecule has 108 valence electrons. The molecule has 1 heterocycles. The third-order valence-electron chi connectivity index (χ3n) is 3.41. The second kappa shape index (κ2) is 5.98. The van der Waals surface area contributed by atoms with E-state index < -0.39 is 29.1 Å². The number of likely N-dealkylation sites (tertiary alicyclic amines) is 1. The van der Waals surface area contributed by atoms with E-state index in [0.717, 1.165) is 25.0 Å². The normalized spacial score (nSPS) is 19.6. The number of nitrogens with one attached hydrogen (secondary N) is 1. The lowest BCUT2D eigenvalue weighted by Gasteiger charge is -2.21. The van der Waals surface area contributed by atoms with E-state index in [2.05, 4.69) is 5.32 Å². The molecule has 6 heteroatoms. The molecule has 1 aliphatic rings. The van der Waals surface area contributed by atoms with Gasteiger partial charge in [-0.1, -0.05) is 6.07 Å². The number of rotatable bonds is 2. The van der Waals surface area contributed by atoms with Gasteiger partial charge in [-0.3, -0.25) is 9.59 Å². The van der Waals surface area contributed by atoms with Crippen LogP contribution < -0.4 is 5.32 Å². The van der Waals surface area contributed by atoms with Gasteiger partial charge in [0.25, 0.3) is 5.91 Å². The van der Waals surface area contributed by atoms with E-state index in [1.165, 1.54) is 11.0 Å². The third kappa shape index (κ3) is 2.95. The van der Waals surface area contributed by atoms with E-state index in [1.807, 2.05) is 0 Å². The lowest BCUT2D eigenvalue weighted by molar-refractivity contribution is -0.131. The quantitative estimate of drug-likeness (QED) is 0.897. The van der Waals surface area contributed by atoms with Crippen LogP contribution in [-0.2, 0) is 4.79 Å². The Labute approximate surface area is 115 Å². The average Bonchev–Trinajstić information content (AvgIpc) is 2.54. The first-order valence-electron chi connectivity index (χ1n) is 6.50. The zero-order chi connectivity index (χ0) is 14.7. The van der Waals surface area contributed by atoms with Crippen molar-refractivity contribution in [3.05, 3.63) is 35.4 Å². The number of hydrogen-bond donors (Lipinski definition) is 1. The number of nitrogens with zero attached hydrogens (tertiary/aromatic N) is 1. The van der Waals surface area contributed by atoms with Crippen molar-refractivity contribution in [1.29, 1.82) is 0 Å². The molecule has 0 spiro atoms. The van der Waals surface area contributed by atoms with Crippen molar-refractivity contribution in [2.75, 3.05) is 13.6 Å². The van der Waals surface area contributed by atoms with E-state index in [9.17, 15) is 18.4 Å². The lowest BCUT2D eigenvalue weighted by Crippen LogP contribution is -2.46. The van der Waals surface area contributed by atoms with Gasteiger partial charge < -0.3 is 10.2 Å². The van der Waals surface area contributed by atoms with Gasteiger partial charge in [0.2, 0.25) is 5.91 Å². The highest BCUT2D eigenvalue weighted by Gasteiger charge is 2.28. The molecular formula is C14H16F2N2O2. The van der Waals surface area contributed by atoms with Gasteiger partial charge in [-0.25, -0.2) is 8.78 Å². The largest absolute Gasteiger partial charge is 0.344 e. The first-order valence-corrected chi connectivity index (χ1v) is 6.50. The molecule has 20 heavy (non-hydrogen) atoms. The molecule has 1 fully saturated rings. The molecule has 0 saturated carbocycles. The van der Waals surface area contributed by atoms with Gasteiger partial charge in [0.15, 0.2) is 0 Å². The Kier molecular flexibility index (Phi) is 4.32. The molecule has 0 aromatic heterocycles.